The zero-order valence-electron chi connectivity index (χ0n) is 15.1. The molecule has 1 fully saturated rings. The highest BCUT2D eigenvalue weighted by molar-refractivity contribution is 5.87. The van der Waals surface area contributed by atoms with Crippen molar-refractivity contribution in [3.8, 4) is 5.75 Å². The van der Waals surface area contributed by atoms with Gasteiger partial charge in [0.15, 0.2) is 0 Å². The molecule has 0 aliphatic heterocycles. The quantitative estimate of drug-likeness (QED) is 0.638. The Kier molecular flexibility index (Phi) is 4.66. The number of fused-ring (bicyclic) bond motifs is 1. The molecular formula is C22H30O. The number of hydrogen-bond donors (Lipinski definition) is 0. The molecule has 0 N–H and O–H groups in total. The molecule has 0 atom stereocenters. The van der Waals surface area contributed by atoms with E-state index in [1.807, 2.05) is 0 Å². The van der Waals surface area contributed by atoms with E-state index in [-0.39, 0.29) is 0 Å². The maximum Gasteiger partial charge on any atom is 0.120 e. The van der Waals surface area contributed by atoms with Gasteiger partial charge in [0.1, 0.15) is 5.75 Å². The van der Waals surface area contributed by atoms with Gasteiger partial charge in [0.25, 0.3) is 0 Å². The van der Waals surface area contributed by atoms with Crippen molar-refractivity contribution in [3.63, 3.8) is 0 Å². The Morgan fingerprint density at radius 2 is 1.74 bits per heavy atom. The first-order valence-corrected chi connectivity index (χ1v) is 9.15. The summed E-state index contributed by atoms with van der Waals surface area (Å²) in [5, 5.41) is 2.66. The van der Waals surface area contributed by atoms with E-state index in [0.29, 0.717) is 11.5 Å². The van der Waals surface area contributed by atoms with Crippen molar-refractivity contribution in [2.24, 2.45) is 11.3 Å². The number of aryl methyl sites for hydroxylation is 1. The van der Waals surface area contributed by atoms with Crippen molar-refractivity contribution in [2.75, 3.05) is 0 Å². The van der Waals surface area contributed by atoms with Crippen LogP contribution in [0, 0.1) is 11.3 Å². The molecule has 0 bridgehead atoms. The Labute approximate surface area is 141 Å². The van der Waals surface area contributed by atoms with Crippen LogP contribution in [0.3, 0.4) is 0 Å². The normalized spacial score (nSPS) is 22.3. The largest absolute Gasteiger partial charge is 0.490 e. The van der Waals surface area contributed by atoms with Crippen LogP contribution in [0.15, 0.2) is 36.4 Å². The highest BCUT2D eigenvalue weighted by atomic mass is 16.5. The summed E-state index contributed by atoms with van der Waals surface area (Å²) in [6.45, 7) is 9.32. The van der Waals surface area contributed by atoms with E-state index in [2.05, 4.69) is 64.1 Å². The van der Waals surface area contributed by atoms with Gasteiger partial charge in [-0.2, -0.15) is 0 Å². The van der Waals surface area contributed by atoms with Crippen LogP contribution in [0.4, 0.5) is 0 Å². The Bertz CT molecular complexity index is 657. The molecule has 3 rings (SSSR count). The third-order valence-corrected chi connectivity index (χ3v) is 5.52. The van der Waals surface area contributed by atoms with Crippen LogP contribution in [0.1, 0.15) is 58.9 Å². The number of rotatable bonds is 3. The van der Waals surface area contributed by atoms with Gasteiger partial charge in [0.05, 0.1) is 6.10 Å². The van der Waals surface area contributed by atoms with Gasteiger partial charge in [-0.15, -0.1) is 0 Å². The van der Waals surface area contributed by atoms with E-state index in [1.165, 1.54) is 42.0 Å². The molecule has 0 saturated heterocycles. The highest BCUT2D eigenvalue weighted by Crippen LogP contribution is 2.39. The van der Waals surface area contributed by atoms with Gasteiger partial charge < -0.3 is 4.74 Å². The van der Waals surface area contributed by atoms with E-state index in [9.17, 15) is 0 Å². The third kappa shape index (κ3) is 3.71. The smallest absolute Gasteiger partial charge is 0.120 e. The lowest BCUT2D eigenvalue weighted by Gasteiger charge is -2.37. The molecule has 2 aromatic carbocycles. The summed E-state index contributed by atoms with van der Waals surface area (Å²) < 4.78 is 6.30. The number of ether oxygens (including phenoxy) is 1. The second-order valence-electron chi connectivity index (χ2n) is 8.11. The first-order valence-electron chi connectivity index (χ1n) is 9.15. The SMILES string of the molecule is CCc1cccc2cc(O[C@H]3CC[C@H](C(C)(C)C)CC3)ccc12. The lowest BCUT2D eigenvalue weighted by Crippen LogP contribution is -2.30. The van der Waals surface area contributed by atoms with Crippen molar-refractivity contribution in [1.29, 1.82) is 0 Å². The van der Waals surface area contributed by atoms with E-state index in [4.69, 9.17) is 4.74 Å². The molecular weight excluding hydrogens is 280 g/mol. The molecule has 0 amide bonds. The van der Waals surface area contributed by atoms with Crippen molar-refractivity contribution < 1.29 is 4.74 Å². The lowest BCUT2D eigenvalue weighted by atomic mass is 9.72. The summed E-state index contributed by atoms with van der Waals surface area (Å²) in [5.41, 5.74) is 1.85. The summed E-state index contributed by atoms with van der Waals surface area (Å²) in [5.74, 6) is 1.87. The Morgan fingerprint density at radius 1 is 1.00 bits per heavy atom. The molecule has 124 valence electrons. The molecule has 1 heteroatoms. The van der Waals surface area contributed by atoms with Crippen LogP contribution in [-0.2, 0) is 6.42 Å². The summed E-state index contributed by atoms with van der Waals surface area (Å²) >= 11 is 0. The molecule has 0 unspecified atom stereocenters. The summed E-state index contributed by atoms with van der Waals surface area (Å²) in [6, 6.07) is 13.2. The fourth-order valence-corrected chi connectivity index (χ4v) is 3.95. The van der Waals surface area contributed by atoms with E-state index in [1.54, 1.807) is 0 Å². The fourth-order valence-electron chi connectivity index (χ4n) is 3.95. The van der Waals surface area contributed by atoms with E-state index < -0.39 is 0 Å². The number of hydrogen-bond acceptors (Lipinski definition) is 1. The van der Waals surface area contributed by atoms with Gasteiger partial charge in [0.2, 0.25) is 0 Å². The van der Waals surface area contributed by atoms with Crippen LogP contribution in [-0.4, -0.2) is 6.10 Å². The van der Waals surface area contributed by atoms with Gasteiger partial charge in [-0.05, 0) is 71.9 Å². The minimum atomic E-state index is 0.389. The maximum absolute atomic E-state index is 6.30. The Hall–Kier alpha value is -1.50. The Morgan fingerprint density at radius 3 is 2.39 bits per heavy atom. The van der Waals surface area contributed by atoms with Gasteiger partial charge >= 0.3 is 0 Å². The molecule has 23 heavy (non-hydrogen) atoms. The van der Waals surface area contributed by atoms with Crippen molar-refractivity contribution >= 4 is 10.8 Å². The van der Waals surface area contributed by atoms with Crippen LogP contribution in [0.25, 0.3) is 10.8 Å². The number of benzene rings is 2. The molecule has 1 nitrogen and oxygen atoms in total. The monoisotopic (exact) mass is 310 g/mol. The van der Waals surface area contributed by atoms with Crippen molar-refractivity contribution in [2.45, 2.75) is 65.9 Å². The standard InChI is InChI=1S/C22H30O/c1-5-16-7-6-8-17-15-20(13-14-21(16)17)23-19-11-9-18(10-12-19)22(2,3)4/h6-8,13-15,18-19H,5,9-12H2,1-4H3/t18-,19-. The molecule has 1 saturated carbocycles. The second kappa shape index (κ2) is 6.55. The van der Waals surface area contributed by atoms with Gasteiger partial charge in [-0.3, -0.25) is 0 Å². The van der Waals surface area contributed by atoms with Gasteiger partial charge in [-0.1, -0.05) is 52.0 Å². The Balaban J connectivity index is 1.68. The molecule has 0 aromatic heterocycles. The molecule has 1 aliphatic rings. The topological polar surface area (TPSA) is 9.23 Å². The van der Waals surface area contributed by atoms with Crippen molar-refractivity contribution in [1.82, 2.24) is 0 Å². The lowest BCUT2D eigenvalue weighted by molar-refractivity contribution is 0.0883. The fraction of sp³-hybridized carbons (Fsp3) is 0.545. The zero-order chi connectivity index (χ0) is 16.4. The predicted molar refractivity (Wildman–Crippen MR) is 99.2 cm³/mol. The molecule has 2 aromatic rings. The van der Waals surface area contributed by atoms with Crippen molar-refractivity contribution in [3.05, 3.63) is 42.0 Å². The average Bonchev–Trinajstić information content (AvgIpc) is 2.53. The van der Waals surface area contributed by atoms with Crippen LogP contribution < -0.4 is 4.74 Å². The summed E-state index contributed by atoms with van der Waals surface area (Å²) in [6.07, 6.45) is 6.43. The summed E-state index contributed by atoms with van der Waals surface area (Å²) in [4.78, 5) is 0. The van der Waals surface area contributed by atoms with E-state index in [0.717, 1.165) is 18.1 Å². The second-order valence-corrected chi connectivity index (χ2v) is 8.11. The molecule has 0 spiro atoms. The van der Waals surface area contributed by atoms with Crippen LogP contribution >= 0.6 is 0 Å². The average molecular weight is 310 g/mol. The summed E-state index contributed by atoms with van der Waals surface area (Å²) in [7, 11) is 0. The molecule has 1 aliphatic carbocycles. The van der Waals surface area contributed by atoms with Gasteiger partial charge in [0, 0.05) is 0 Å². The first-order chi connectivity index (χ1) is 11.0. The van der Waals surface area contributed by atoms with Gasteiger partial charge in [-0.25, -0.2) is 0 Å². The van der Waals surface area contributed by atoms with E-state index >= 15 is 0 Å². The minimum Gasteiger partial charge on any atom is -0.490 e. The molecule has 0 radical (unpaired) electrons. The predicted octanol–water partition coefficient (Wildman–Crippen LogP) is 6.39. The van der Waals surface area contributed by atoms with Crippen LogP contribution in [0.2, 0.25) is 0 Å². The highest BCUT2D eigenvalue weighted by Gasteiger charge is 2.30. The zero-order valence-corrected chi connectivity index (χ0v) is 15.1. The maximum atomic E-state index is 6.30. The van der Waals surface area contributed by atoms with Crippen LogP contribution in [0.5, 0.6) is 5.75 Å². The first kappa shape index (κ1) is 16.4. The third-order valence-electron chi connectivity index (χ3n) is 5.52. The molecule has 0 heterocycles. The minimum absolute atomic E-state index is 0.389.